The summed E-state index contributed by atoms with van der Waals surface area (Å²) in [4.78, 5) is 21.3. The summed E-state index contributed by atoms with van der Waals surface area (Å²) in [6.45, 7) is 0. The van der Waals surface area contributed by atoms with E-state index in [0.717, 1.165) is 51.4 Å². The third-order valence-corrected chi connectivity index (χ3v) is 4.35. The molecule has 0 radical (unpaired) electrons. The number of carbonyl (C=O) groups is 2. The fourth-order valence-corrected chi connectivity index (χ4v) is 2.70. The lowest BCUT2D eigenvalue weighted by Crippen LogP contribution is -2.14. The van der Waals surface area contributed by atoms with Crippen molar-refractivity contribution in [3.05, 3.63) is 0 Å². The fourth-order valence-electron chi connectivity index (χ4n) is 2.70. The van der Waals surface area contributed by atoms with Gasteiger partial charge in [0.15, 0.2) is 0 Å². The van der Waals surface area contributed by atoms with Crippen molar-refractivity contribution in [3.8, 4) is 0 Å². The number of carboxylic acids is 2. The Labute approximate surface area is 121 Å². The van der Waals surface area contributed by atoms with Gasteiger partial charge in [-0.3, -0.25) is 9.59 Å². The molecular formula is C16H28O4. The van der Waals surface area contributed by atoms with E-state index in [4.69, 9.17) is 10.2 Å². The Bertz CT molecular complexity index is 308. The molecule has 1 aliphatic carbocycles. The van der Waals surface area contributed by atoms with E-state index in [9.17, 15) is 9.59 Å². The Kier molecular flexibility index (Phi) is 7.63. The second-order valence-electron chi connectivity index (χ2n) is 6.16. The van der Waals surface area contributed by atoms with Crippen molar-refractivity contribution in [2.45, 2.75) is 83.5 Å². The minimum atomic E-state index is -0.695. The molecule has 0 heterocycles. The van der Waals surface area contributed by atoms with E-state index in [-0.39, 0.29) is 5.41 Å². The largest absolute Gasteiger partial charge is 0.481 e. The van der Waals surface area contributed by atoms with Crippen LogP contribution >= 0.6 is 0 Å². The van der Waals surface area contributed by atoms with Gasteiger partial charge in [0.1, 0.15) is 0 Å². The van der Waals surface area contributed by atoms with Gasteiger partial charge in [-0.25, -0.2) is 0 Å². The number of rotatable bonds is 13. The molecule has 2 N–H and O–H groups in total. The Hall–Kier alpha value is -1.06. The first-order chi connectivity index (χ1) is 9.57. The summed E-state index contributed by atoms with van der Waals surface area (Å²) in [5, 5.41) is 17.5. The Balaban J connectivity index is 1.79. The minimum Gasteiger partial charge on any atom is -0.481 e. The van der Waals surface area contributed by atoms with Crippen LogP contribution in [0.15, 0.2) is 0 Å². The van der Waals surface area contributed by atoms with Crippen molar-refractivity contribution in [1.29, 1.82) is 0 Å². The average Bonchev–Trinajstić information content (AvgIpc) is 3.16. The maximum absolute atomic E-state index is 11.0. The lowest BCUT2D eigenvalue weighted by Gasteiger charge is -2.08. The first-order valence-corrected chi connectivity index (χ1v) is 8.02. The molecule has 0 aromatic heterocycles. The third kappa shape index (κ3) is 6.92. The molecule has 0 spiro atoms. The monoisotopic (exact) mass is 284 g/mol. The first-order valence-electron chi connectivity index (χ1n) is 8.02. The van der Waals surface area contributed by atoms with Crippen LogP contribution in [0.1, 0.15) is 83.5 Å². The van der Waals surface area contributed by atoms with Gasteiger partial charge in [-0.1, -0.05) is 51.4 Å². The molecule has 1 fully saturated rings. The van der Waals surface area contributed by atoms with Gasteiger partial charge in [0.2, 0.25) is 0 Å². The Morgan fingerprint density at radius 2 is 1.20 bits per heavy atom. The smallest absolute Gasteiger partial charge is 0.309 e. The summed E-state index contributed by atoms with van der Waals surface area (Å²) in [6.07, 6.45) is 12.9. The molecule has 0 unspecified atom stereocenters. The molecule has 0 saturated heterocycles. The quantitative estimate of drug-likeness (QED) is 0.496. The number of carboxylic acid groups (broad SMARTS) is 2. The molecular weight excluding hydrogens is 256 g/mol. The minimum absolute atomic E-state index is 0.297. The van der Waals surface area contributed by atoms with Crippen molar-refractivity contribution < 1.29 is 19.8 Å². The summed E-state index contributed by atoms with van der Waals surface area (Å²) in [6, 6.07) is 0. The highest BCUT2D eigenvalue weighted by atomic mass is 16.4. The molecule has 0 atom stereocenters. The summed E-state index contributed by atoms with van der Waals surface area (Å²) in [7, 11) is 0. The van der Waals surface area contributed by atoms with E-state index in [2.05, 4.69) is 0 Å². The fraction of sp³-hybridized carbons (Fsp3) is 0.875. The van der Waals surface area contributed by atoms with Gasteiger partial charge in [0.25, 0.3) is 0 Å². The summed E-state index contributed by atoms with van der Waals surface area (Å²) >= 11 is 0. The van der Waals surface area contributed by atoms with Crippen LogP contribution in [0, 0.1) is 5.41 Å². The topological polar surface area (TPSA) is 74.6 Å². The number of unbranched alkanes of at least 4 members (excludes halogenated alkanes) is 8. The van der Waals surface area contributed by atoms with E-state index >= 15 is 0 Å². The van der Waals surface area contributed by atoms with Gasteiger partial charge < -0.3 is 10.2 Å². The van der Waals surface area contributed by atoms with Gasteiger partial charge in [-0.15, -0.1) is 0 Å². The highest BCUT2D eigenvalue weighted by Crippen LogP contribution is 2.50. The average molecular weight is 284 g/mol. The molecule has 0 bridgehead atoms. The standard InChI is InChI=1S/C16H28O4/c17-14(18)10-8-6-4-2-1-3-5-7-9-11-16(12-13-16)15(19)20/h1-13H2,(H,17,18)(H,19,20). The van der Waals surface area contributed by atoms with Gasteiger partial charge in [0.05, 0.1) is 5.41 Å². The second kappa shape index (κ2) is 8.98. The third-order valence-electron chi connectivity index (χ3n) is 4.35. The molecule has 1 saturated carbocycles. The Morgan fingerprint density at radius 3 is 1.60 bits per heavy atom. The number of hydrogen-bond donors (Lipinski definition) is 2. The Morgan fingerprint density at radius 1 is 0.750 bits per heavy atom. The zero-order valence-corrected chi connectivity index (χ0v) is 12.4. The van der Waals surface area contributed by atoms with Crippen molar-refractivity contribution in [2.24, 2.45) is 5.41 Å². The predicted octanol–water partition coefficient (Wildman–Crippen LogP) is 4.23. The van der Waals surface area contributed by atoms with Crippen LogP contribution in [-0.4, -0.2) is 22.2 Å². The highest BCUT2D eigenvalue weighted by molar-refractivity contribution is 5.77. The molecule has 0 aliphatic heterocycles. The SMILES string of the molecule is O=C(O)CCCCCCCCCCCC1(C(=O)O)CC1. The molecule has 20 heavy (non-hydrogen) atoms. The van der Waals surface area contributed by atoms with Crippen molar-refractivity contribution >= 4 is 11.9 Å². The normalized spacial score (nSPS) is 16.0. The van der Waals surface area contributed by atoms with Crippen LogP contribution in [0.3, 0.4) is 0 Å². The van der Waals surface area contributed by atoms with Gasteiger partial charge >= 0.3 is 11.9 Å². The van der Waals surface area contributed by atoms with Gasteiger partial charge in [0, 0.05) is 6.42 Å². The van der Waals surface area contributed by atoms with Gasteiger partial charge in [-0.05, 0) is 25.7 Å². The number of hydrogen-bond acceptors (Lipinski definition) is 2. The molecule has 4 heteroatoms. The maximum Gasteiger partial charge on any atom is 0.309 e. The van der Waals surface area contributed by atoms with Crippen LogP contribution < -0.4 is 0 Å². The van der Waals surface area contributed by atoms with Crippen LogP contribution in [-0.2, 0) is 9.59 Å². The predicted molar refractivity (Wildman–Crippen MR) is 77.7 cm³/mol. The van der Waals surface area contributed by atoms with Crippen molar-refractivity contribution in [3.63, 3.8) is 0 Å². The molecule has 4 nitrogen and oxygen atoms in total. The van der Waals surface area contributed by atoms with Crippen LogP contribution in [0.5, 0.6) is 0 Å². The van der Waals surface area contributed by atoms with Crippen LogP contribution in [0.25, 0.3) is 0 Å². The highest BCUT2D eigenvalue weighted by Gasteiger charge is 2.49. The zero-order chi connectivity index (χ0) is 14.8. The summed E-state index contributed by atoms with van der Waals surface area (Å²) in [5.74, 6) is -1.29. The molecule has 0 aromatic rings. The summed E-state index contributed by atoms with van der Waals surface area (Å²) < 4.78 is 0. The molecule has 0 aromatic carbocycles. The second-order valence-corrected chi connectivity index (χ2v) is 6.16. The molecule has 1 aliphatic rings. The van der Waals surface area contributed by atoms with Gasteiger partial charge in [-0.2, -0.15) is 0 Å². The van der Waals surface area contributed by atoms with Crippen molar-refractivity contribution in [1.82, 2.24) is 0 Å². The van der Waals surface area contributed by atoms with Crippen molar-refractivity contribution in [2.75, 3.05) is 0 Å². The molecule has 116 valence electrons. The van der Waals surface area contributed by atoms with Crippen LogP contribution in [0.2, 0.25) is 0 Å². The van der Waals surface area contributed by atoms with E-state index in [1.165, 1.54) is 25.7 Å². The molecule has 0 amide bonds. The van der Waals surface area contributed by atoms with E-state index in [1.807, 2.05) is 0 Å². The lowest BCUT2D eigenvalue weighted by molar-refractivity contribution is -0.143. The van der Waals surface area contributed by atoms with E-state index in [0.29, 0.717) is 6.42 Å². The van der Waals surface area contributed by atoms with E-state index < -0.39 is 11.9 Å². The zero-order valence-electron chi connectivity index (χ0n) is 12.4. The lowest BCUT2D eigenvalue weighted by atomic mass is 9.97. The van der Waals surface area contributed by atoms with E-state index in [1.54, 1.807) is 0 Å². The molecule has 1 rings (SSSR count). The van der Waals surface area contributed by atoms with Crippen LogP contribution in [0.4, 0.5) is 0 Å². The first kappa shape index (κ1) is 17.0. The number of aliphatic carboxylic acids is 2. The summed E-state index contributed by atoms with van der Waals surface area (Å²) in [5.41, 5.74) is -0.343. The maximum atomic E-state index is 11.0.